The van der Waals surface area contributed by atoms with Gasteiger partial charge in [-0.3, -0.25) is 9.69 Å². The number of para-hydroxylation sites is 1. The normalized spacial score (nSPS) is 20.2. The van der Waals surface area contributed by atoms with Gasteiger partial charge in [-0.25, -0.2) is 0 Å². The molecule has 1 N–H and O–H groups in total. The molecule has 1 aliphatic heterocycles. The van der Waals surface area contributed by atoms with E-state index in [1.165, 1.54) is 0 Å². The standard InChI is InChI=1S/C14H14ClNO3/c15-13-10(9-4-1-2-6-12(9)19-13)8-16-7-3-5-11(16)14(17)18/h1-2,4,6,11H,3,5,7-8H2,(H,17,18)/t11-/m0/s1. The molecule has 5 heteroatoms. The van der Waals surface area contributed by atoms with Crippen LogP contribution < -0.4 is 0 Å². The number of hydrogen-bond acceptors (Lipinski definition) is 3. The van der Waals surface area contributed by atoms with Gasteiger partial charge in [0.25, 0.3) is 0 Å². The molecule has 0 aliphatic carbocycles. The van der Waals surface area contributed by atoms with E-state index >= 15 is 0 Å². The van der Waals surface area contributed by atoms with Gasteiger partial charge in [0, 0.05) is 17.5 Å². The molecule has 1 aliphatic rings. The van der Waals surface area contributed by atoms with Crippen molar-refractivity contribution in [1.82, 2.24) is 4.90 Å². The monoisotopic (exact) mass is 279 g/mol. The Balaban J connectivity index is 1.93. The summed E-state index contributed by atoms with van der Waals surface area (Å²) in [4.78, 5) is 13.1. The summed E-state index contributed by atoms with van der Waals surface area (Å²) in [5.41, 5.74) is 1.62. The Morgan fingerprint density at radius 1 is 1.47 bits per heavy atom. The summed E-state index contributed by atoms with van der Waals surface area (Å²) in [7, 11) is 0. The number of rotatable bonds is 3. The summed E-state index contributed by atoms with van der Waals surface area (Å²) in [6.45, 7) is 1.31. The van der Waals surface area contributed by atoms with Crippen molar-refractivity contribution in [3.05, 3.63) is 35.0 Å². The molecule has 0 spiro atoms. The lowest BCUT2D eigenvalue weighted by Crippen LogP contribution is -2.35. The van der Waals surface area contributed by atoms with Crippen molar-refractivity contribution in [3.8, 4) is 0 Å². The van der Waals surface area contributed by atoms with E-state index in [2.05, 4.69) is 0 Å². The summed E-state index contributed by atoms with van der Waals surface area (Å²) >= 11 is 6.13. The average Bonchev–Trinajstić information content (AvgIpc) is 2.96. The predicted octanol–water partition coefficient (Wildman–Crippen LogP) is 3.14. The molecule has 4 nitrogen and oxygen atoms in total. The number of hydrogen-bond donors (Lipinski definition) is 1. The number of fused-ring (bicyclic) bond motifs is 1. The Morgan fingerprint density at radius 2 is 2.26 bits per heavy atom. The quantitative estimate of drug-likeness (QED) is 0.938. The first kappa shape index (κ1) is 12.5. The van der Waals surface area contributed by atoms with E-state index in [9.17, 15) is 9.90 Å². The number of likely N-dealkylation sites (tertiary alicyclic amines) is 1. The fourth-order valence-corrected chi connectivity index (χ4v) is 2.96. The number of nitrogens with zero attached hydrogens (tertiary/aromatic N) is 1. The highest BCUT2D eigenvalue weighted by molar-refractivity contribution is 6.30. The predicted molar refractivity (Wildman–Crippen MR) is 72.3 cm³/mol. The van der Waals surface area contributed by atoms with Crippen LogP contribution >= 0.6 is 11.6 Å². The second kappa shape index (κ2) is 4.87. The Kier molecular flexibility index (Phi) is 3.21. The van der Waals surface area contributed by atoms with Crippen LogP contribution in [-0.2, 0) is 11.3 Å². The van der Waals surface area contributed by atoms with Crippen molar-refractivity contribution < 1.29 is 14.3 Å². The minimum absolute atomic E-state index is 0.359. The molecule has 0 radical (unpaired) electrons. The molecule has 1 aromatic heterocycles. The number of furan rings is 1. The first-order valence-corrected chi connectivity index (χ1v) is 6.67. The molecular formula is C14H14ClNO3. The highest BCUT2D eigenvalue weighted by atomic mass is 35.5. The van der Waals surface area contributed by atoms with Crippen molar-refractivity contribution in [1.29, 1.82) is 0 Å². The third-order valence-electron chi connectivity index (χ3n) is 3.66. The molecule has 0 bridgehead atoms. The summed E-state index contributed by atoms with van der Waals surface area (Å²) in [5, 5.41) is 10.5. The van der Waals surface area contributed by atoms with Crippen molar-refractivity contribution in [2.45, 2.75) is 25.4 Å². The number of carboxylic acids is 1. The summed E-state index contributed by atoms with van der Waals surface area (Å²) in [6, 6.07) is 7.22. The van der Waals surface area contributed by atoms with Gasteiger partial charge in [-0.2, -0.15) is 0 Å². The molecule has 2 heterocycles. The van der Waals surface area contributed by atoms with E-state index in [4.69, 9.17) is 16.0 Å². The molecule has 3 rings (SSSR count). The van der Waals surface area contributed by atoms with Gasteiger partial charge in [-0.15, -0.1) is 0 Å². The number of aliphatic carboxylic acids is 1. The maximum absolute atomic E-state index is 11.2. The lowest BCUT2D eigenvalue weighted by molar-refractivity contribution is -0.142. The molecular weight excluding hydrogens is 266 g/mol. The number of benzene rings is 1. The van der Waals surface area contributed by atoms with Crippen LogP contribution in [0.4, 0.5) is 0 Å². The van der Waals surface area contributed by atoms with Crippen LogP contribution in [0.5, 0.6) is 0 Å². The zero-order valence-electron chi connectivity index (χ0n) is 10.3. The van der Waals surface area contributed by atoms with E-state index in [-0.39, 0.29) is 0 Å². The smallest absolute Gasteiger partial charge is 0.320 e. The number of carboxylic acid groups (broad SMARTS) is 1. The Hall–Kier alpha value is -1.52. The second-order valence-electron chi connectivity index (χ2n) is 4.82. The lowest BCUT2D eigenvalue weighted by atomic mass is 10.1. The molecule has 0 amide bonds. The highest BCUT2D eigenvalue weighted by Gasteiger charge is 2.31. The number of halogens is 1. The summed E-state index contributed by atoms with van der Waals surface area (Å²) in [5.74, 6) is -0.763. The van der Waals surface area contributed by atoms with Gasteiger partial charge in [-0.05, 0) is 37.1 Å². The van der Waals surface area contributed by atoms with Crippen LogP contribution in [0.1, 0.15) is 18.4 Å². The van der Waals surface area contributed by atoms with E-state index in [1.807, 2.05) is 29.2 Å². The molecule has 1 saturated heterocycles. The van der Waals surface area contributed by atoms with Crippen molar-refractivity contribution in [2.75, 3.05) is 6.54 Å². The van der Waals surface area contributed by atoms with Crippen LogP contribution in [-0.4, -0.2) is 28.6 Å². The topological polar surface area (TPSA) is 53.7 Å². The van der Waals surface area contributed by atoms with Gasteiger partial charge in [0.15, 0.2) is 5.22 Å². The second-order valence-corrected chi connectivity index (χ2v) is 5.16. The van der Waals surface area contributed by atoms with Crippen LogP contribution in [0.15, 0.2) is 28.7 Å². The van der Waals surface area contributed by atoms with Crippen molar-refractivity contribution in [3.63, 3.8) is 0 Å². The van der Waals surface area contributed by atoms with Crippen LogP contribution in [0.2, 0.25) is 5.22 Å². The first-order chi connectivity index (χ1) is 9.16. The van der Waals surface area contributed by atoms with Crippen LogP contribution in [0.3, 0.4) is 0 Å². The minimum atomic E-state index is -0.763. The molecule has 19 heavy (non-hydrogen) atoms. The third-order valence-corrected chi connectivity index (χ3v) is 3.96. The largest absolute Gasteiger partial charge is 0.480 e. The molecule has 0 unspecified atom stereocenters. The molecule has 1 aromatic carbocycles. The Bertz CT molecular complexity index is 622. The summed E-state index contributed by atoms with van der Waals surface area (Å²) in [6.07, 6.45) is 1.60. The van der Waals surface area contributed by atoms with E-state index in [0.29, 0.717) is 18.2 Å². The molecule has 100 valence electrons. The zero-order valence-corrected chi connectivity index (χ0v) is 11.1. The first-order valence-electron chi connectivity index (χ1n) is 6.29. The van der Waals surface area contributed by atoms with Crippen LogP contribution in [0.25, 0.3) is 11.0 Å². The third kappa shape index (κ3) is 2.22. The average molecular weight is 280 g/mol. The Labute approximate surface area is 115 Å². The van der Waals surface area contributed by atoms with Crippen molar-refractivity contribution >= 4 is 28.5 Å². The van der Waals surface area contributed by atoms with Gasteiger partial charge in [0.1, 0.15) is 11.6 Å². The lowest BCUT2D eigenvalue weighted by Gasteiger charge is -2.20. The SMILES string of the molecule is O=C(O)[C@@H]1CCCN1Cc1c(Cl)oc2ccccc12. The maximum Gasteiger partial charge on any atom is 0.320 e. The number of carbonyl (C=O) groups is 1. The minimum Gasteiger partial charge on any atom is -0.480 e. The van der Waals surface area contributed by atoms with E-state index in [0.717, 1.165) is 29.5 Å². The van der Waals surface area contributed by atoms with Gasteiger partial charge in [0.2, 0.25) is 0 Å². The van der Waals surface area contributed by atoms with E-state index < -0.39 is 12.0 Å². The van der Waals surface area contributed by atoms with Crippen molar-refractivity contribution in [2.24, 2.45) is 0 Å². The fraction of sp³-hybridized carbons (Fsp3) is 0.357. The molecule has 1 atom stereocenters. The molecule has 1 fully saturated rings. The zero-order chi connectivity index (χ0) is 13.4. The summed E-state index contributed by atoms with van der Waals surface area (Å²) < 4.78 is 5.50. The van der Waals surface area contributed by atoms with Gasteiger partial charge < -0.3 is 9.52 Å². The molecule has 2 aromatic rings. The Morgan fingerprint density at radius 3 is 3.05 bits per heavy atom. The molecule has 0 saturated carbocycles. The van der Waals surface area contributed by atoms with Gasteiger partial charge in [0.05, 0.1) is 0 Å². The van der Waals surface area contributed by atoms with E-state index in [1.54, 1.807) is 0 Å². The fourth-order valence-electron chi connectivity index (χ4n) is 2.71. The highest BCUT2D eigenvalue weighted by Crippen LogP contribution is 2.32. The van der Waals surface area contributed by atoms with Gasteiger partial charge >= 0.3 is 5.97 Å². The maximum atomic E-state index is 11.2. The van der Waals surface area contributed by atoms with Gasteiger partial charge in [-0.1, -0.05) is 18.2 Å². The van der Waals surface area contributed by atoms with Crippen LogP contribution in [0, 0.1) is 0 Å².